The lowest BCUT2D eigenvalue weighted by atomic mass is 10.0. The maximum atomic E-state index is 9.06. The highest BCUT2D eigenvalue weighted by molar-refractivity contribution is 4.75. The van der Waals surface area contributed by atoms with Crippen LogP contribution in [0.4, 0.5) is 0 Å². The number of piperidine rings is 1. The Bertz CT molecular complexity index is 77.0. The molecule has 0 unspecified atom stereocenters. The van der Waals surface area contributed by atoms with Gasteiger partial charge < -0.3 is 10.4 Å². The van der Waals surface area contributed by atoms with E-state index in [0.717, 1.165) is 19.4 Å². The summed E-state index contributed by atoms with van der Waals surface area (Å²) in [5.41, 5.74) is 0. The van der Waals surface area contributed by atoms with Crippen molar-refractivity contribution in [3.8, 4) is 0 Å². The van der Waals surface area contributed by atoms with Crippen LogP contribution in [0.15, 0.2) is 0 Å². The molecule has 9 heavy (non-hydrogen) atoms. The van der Waals surface area contributed by atoms with Crippen LogP contribution in [0.25, 0.3) is 0 Å². The monoisotopic (exact) mass is 129 g/mol. The molecule has 0 bridgehead atoms. The normalized spacial score (nSPS) is 36.7. The van der Waals surface area contributed by atoms with E-state index >= 15 is 0 Å². The van der Waals surface area contributed by atoms with Crippen molar-refractivity contribution in [2.24, 2.45) is 0 Å². The van der Waals surface area contributed by atoms with Gasteiger partial charge in [-0.05, 0) is 19.3 Å². The Labute approximate surface area is 56.3 Å². The molecule has 54 valence electrons. The highest BCUT2D eigenvalue weighted by Crippen LogP contribution is 2.09. The van der Waals surface area contributed by atoms with E-state index in [1.807, 2.05) is 0 Å². The molecular formula is C7H15NO. The summed E-state index contributed by atoms with van der Waals surface area (Å²) in [7, 11) is 0. The minimum Gasteiger partial charge on any atom is -0.392 e. The van der Waals surface area contributed by atoms with E-state index in [9.17, 15) is 0 Å². The number of β-amino-alcohol motifs (C(OH)–C–C–N with tert-alkyl or cyclic N) is 1. The lowest BCUT2D eigenvalue weighted by Gasteiger charge is -2.25. The minimum atomic E-state index is -0.0900. The van der Waals surface area contributed by atoms with Crippen molar-refractivity contribution in [1.82, 2.24) is 5.32 Å². The number of hydrogen-bond donors (Lipinski definition) is 2. The van der Waals surface area contributed by atoms with E-state index in [1.54, 1.807) is 0 Å². The Balaban J connectivity index is 2.18. The molecule has 0 aromatic carbocycles. The summed E-state index contributed by atoms with van der Waals surface area (Å²) in [6, 6.07) is 0.661. The van der Waals surface area contributed by atoms with Gasteiger partial charge in [0.25, 0.3) is 0 Å². The molecule has 0 aromatic rings. The van der Waals surface area contributed by atoms with Gasteiger partial charge in [-0.25, -0.2) is 0 Å². The van der Waals surface area contributed by atoms with Gasteiger partial charge in [-0.3, -0.25) is 0 Å². The third-order valence-electron chi connectivity index (χ3n) is 1.98. The molecule has 0 aromatic heterocycles. The molecule has 1 rings (SSSR count). The van der Waals surface area contributed by atoms with Crippen LogP contribution in [0.3, 0.4) is 0 Å². The van der Waals surface area contributed by atoms with E-state index in [4.69, 9.17) is 5.11 Å². The summed E-state index contributed by atoms with van der Waals surface area (Å²) >= 11 is 0. The Morgan fingerprint density at radius 1 is 1.56 bits per heavy atom. The second kappa shape index (κ2) is 3.18. The maximum Gasteiger partial charge on any atom is 0.0665 e. The van der Waals surface area contributed by atoms with Gasteiger partial charge in [-0.2, -0.15) is 0 Å². The topological polar surface area (TPSA) is 32.3 Å². The first-order chi connectivity index (χ1) is 4.33. The predicted octanol–water partition coefficient (Wildman–Crippen LogP) is 0.509. The molecule has 2 nitrogen and oxygen atoms in total. The van der Waals surface area contributed by atoms with Crippen LogP contribution < -0.4 is 5.32 Å². The van der Waals surface area contributed by atoms with Crippen LogP contribution in [-0.2, 0) is 0 Å². The van der Waals surface area contributed by atoms with Crippen LogP contribution in [0.5, 0.6) is 0 Å². The van der Waals surface area contributed by atoms with Gasteiger partial charge in [0.15, 0.2) is 0 Å². The van der Waals surface area contributed by atoms with E-state index in [2.05, 4.69) is 12.2 Å². The zero-order valence-electron chi connectivity index (χ0n) is 5.93. The summed E-state index contributed by atoms with van der Waals surface area (Å²) in [5.74, 6) is 0. The van der Waals surface area contributed by atoms with Gasteiger partial charge in [-0.15, -0.1) is 0 Å². The first-order valence-electron chi connectivity index (χ1n) is 3.74. The van der Waals surface area contributed by atoms with Crippen LogP contribution in [0.2, 0.25) is 0 Å². The molecule has 1 saturated heterocycles. The number of nitrogens with one attached hydrogen (secondary N) is 1. The van der Waals surface area contributed by atoms with E-state index in [0.29, 0.717) is 6.04 Å². The average Bonchev–Trinajstić information content (AvgIpc) is 1.90. The van der Waals surface area contributed by atoms with Crippen LogP contribution in [-0.4, -0.2) is 23.8 Å². The van der Waals surface area contributed by atoms with Gasteiger partial charge in [0, 0.05) is 12.6 Å². The van der Waals surface area contributed by atoms with Crippen LogP contribution >= 0.6 is 0 Å². The fourth-order valence-electron chi connectivity index (χ4n) is 1.25. The third kappa shape index (κ3) is 1.95. The van der Waals surface area contributed by atoms with Gasteiger partial charge in [0.1, 0.15) is 0 Å². The second-order valence-corrected chi connectivity index (χ2v) is 2.74. The van der Waals surface area contributed by atoms with Gasteiger partial charge in [-0.1, -0.05) is 6.92 Å². The summed E-state index contributed by atoms with van der Waals surface area (Å²) in [4.78, 5) is 0. The van der Waals surface area contributed by atoms with Crippen molar-refractivity contribution >= 4 is 0 Å². The van der Waals surface area contributed by atoms with E-state index < -0.39 is 0 Å². The third-order valence-corrected chi connectivity index (χ3v) is 1.98. The molecule has 1 aliphatic rings. The quantitative estimate of drug-likeness (QED) is 0.540. The van der Waals surface area contributed by atoms with E-state index in [1.165, 1.54) is 6.42 Å². The van der Waals surface area contributed by atoms with Gasteiger partial charge in [0.05, 0.1) is 6.10 Å². The smallest absolute Gasteiger partial charge is 0.0665 e. The average molecular weight is 129 g/mol. The van der Waals surface area contributed by atoms with Crippen LogP contribution in [0.1, 0.15) is 26.2 Å². The molecule has 0 spiro atoms. The maximum absolute atomic E-state index is 9.06. The standard InChI is InChI=1S/C7H15NO/c1-2-6-3-4-7(9)5-8-6/h6-9H,2-5H2,1H3/t6-,7-/m0/s1. The largest absolute Gasteiger partial charge is 0.392 e. The molecule has 0 saturated carbocycles. The number of rotatable bonds is 1. The molecule has 1 heterocycles. The number of aliphatic hydroxyl groups is 1. The van der Waals surface area contributed by atoms with Crippen molar-refractivity contribution < 1.29 is 5.11 Å². The first kappa shape index (κ1) is 7.03. The second-order valence-electron chi connectivity index (χ2n) is 2.74. The highest BCUT2D eigenvalue weighted by Gasteiger charge is 2.15. The van der Waals surface area contributed by atoms with Gasteiger partial charge in [0.2, 0.25) is 0 Å². The molecule has 0 aliphatic carbocycles. The molecule has 0 amide bonds. The molecule has 2 N–H and O–H groups in total. The Morgan fingerprint density at radius 3 is 2.78 bits per heavy atom. The summed E-state index contributed by atoms with van der Waals surface area (Å²) in [6.45, 7) is 2.97. The van der Waals surface area contributed by atoms with Crippen molar-refractivity contribution in [1.29, 1.82) is 0 Å². The fourth-order valence-corrected chi connectivity index (χ4v) is 1.25. The summed E-state index contributed by atoms with van der Waals surface area (Å²) in [5, 5.41) is 12.3. The SMILES string of the molecule is CC[C@H]1CC[C@H](O)CN1. The molecular weight excluding hydrogens is 114 g/mol. The molecule has 2 atom stereocenters. The highest BCUT2D eigenvalue weighted by atomic mass is 16.3. The fraction of sp³-hybridized carbons (Fsp3) is 1.00. The Hall–Kier alpha value is -0.0800. The lowest BCUT2D eigenvalue weighted by Crippen LogP contribution is -2.40. The predicted molar refractivity (Wildman–Crippen MR) is 37.3 cm³/mol. The zero-order valence-corrected chi connectivity index (χ0v) is 5.93. The summed E-state index contributed by atoms with van der Waals surface area (Å²) in [6.07, 6.45) is 3.21. The first-order valence-corrected chi connectivity index (χ1v) is 3.74. The zero-order chi connectivity index (χ0) is 6.69. The summed E-state index contributed by atoms with van der Waals surface area (Å²) < 4.78 is 0. The number of hydrogen-bond acceptors (Lipinski definition) is 2. The molecule has 0 radical (unpaired) electrons. The van der Waals surface area contributed by atoms with Crippen molar-refractivity contribution in [2.75, 3.05) is 6.54 Å². The van der Waals surface area contributed by atoms with Crippen molar-refractivity contribution in [3.63, 3.8) is 0 Å². The lowest BCUT2D eigenvalue weighted by molar-refractivity contribution is 0.125. The minimum absolute atomic E-state index is 0.0900. The Morgan fingerprint density at radius 2 is 2.33 bits per heavy atom. The van der Waals surface area contributed by atoms with Crippen LogP contribution in [0, 0.1) is 0 Å². The number of aliphatic hydroxyl groups excluding tert-OH is 1. The van der Waals surface area contributed by atoms with Gasteiger partial charge >= 0.3 is 0 Å². The van der Waals surface area contributed by atoms with E-state index in [-0.39, 0.29) is 6.10 Å². The van der Waals surface area contributed by atoms with Crippen molar-refractivity contribution in [2.45, 2.75) is 38.3 Å². The van der Waals surface area contributed by atoms with Crippen molar-refractivity contribution in [3.05, 3.63) is 0 Å². The molecule has 1 aliphatic heterocycles. The Kier molecular flexibility index (Phi) is 2.49. The molecule has 2 heteroatoms. The molecule has 1 fully saturated rings.